The summed E-state index contributed by atoms with van der Waals surface area (Å²) >= 11 is 19.2. The molecule has 22 heavy (non-hydrogen) atoms. The maximum atomic E-state index is 7.10. The van der Waals surface area contributed by atoms with Crippen LogP contribution in [0.5, 0.6) is 0 Å². The molecule has 3 aromatic rings. The van der Waals surface area contributed by atoms with Crippen molar-refractivity contribution < 1.29 is 0 Å². The number of aromatic nitrogens is 2. The van der Waals surface area contributed by atoms with Crippen LogP contribution in [0, 0.1) is 0 Å². The summed E-state index contributed by atoms with van der Waals surface area (Å²) in [4.78, 5) is 7.71. The highest BCUT2D eigenvalue weighted by Crippen LogP contribution is 2.54. The standard InChI is InChI=1S/C17H9Cl3N2/c18-11-3-1-10(2-4-11)17(20)14-6-5-12(19)7-13(14)16-15(17)8-21-9-22-16/h1-9H. The number of nitrogens with zero attached hydrogens (tertiary/aromatic N) is 2. The van der Waals surface area contributed by atoms with Crippen molar-refractivity contribution in [1.82, 2.24) is 9.97 Å². The minimum atomic E-state index is -0.832. The molecule has 108 valence electrons. The number of rotatable bonds is 1. The molecule has 5 heteroatoms. The minimum Gasteiger partial charge on any atom is -0.244 e. The molecule has 4 rings (SSSR count). The second kappa shape index (κ2) is 4.95. The van der Waals surface area contributed by atoms with Crippen molar-refractivity contribution >= 4 is 34.8 Å². The van der Waals surface area contributed by atoms with E-state index in [0.29, 0.717) is 10.0 Å². The summed E-state index contributed by atoms with van der Waals surface area (Å²) in [5.74, 6) is 0. The Balaban J connectivity index is 2.06. The van der Waals surface area contributed by atoms with Gasteiger partial charge in [-0.3, -0.25) is 0 Å². The molecule has 0 saturated carbocycles. The van der Waals surface area contributed by atoms with E-state index in [1.165, 1.54) is 6.33 Å². The van der Waals surface area contributed by atoms with Gasteiger partial charge in [0.2, 0.25) is 0 Å². The zero-order valence-corrected chi connectivity index (χ0v) is 13.5. The van der Waals surface area contributed by atoms with E-state index in [-0.39, 0.29) is 0 Å². The van der Waals surface area contributed by atoms with Crippen molar-refractivity contribution in [2.45, 2.75) is 4.87 Å². The largest absolute Gasteiger partial charge is 0.244 e. The van der Waals surface area contributed by atoms with Crippen LogP contribution in [0.4, 0.5) is 0 Å². The van der Waals surface area contributed by atoms with Gasteiger partial charge in [0.25, 0.3) is 0 Å². The molecule has 1 aliphatic rings. The molecule has 1 aromatic heterocycles. The number of halogens is 3. The summed E-state index contributed by atoms with van der Waals surface area (Å²) in [6.45, 7) is 0. The number of hydrogen-bond donors (Lipinski definition) is 0. The molecule has 0 saturated heterocycles. The van der Waals surface area contributed by atoms with Crippen molar-refractivity contribution in [2.75, 3.05) is 0 Å². The molecule has 1 unspecified atom stereocenters. The Morgan fingerprint density at radius 3 is 2.36 bits per heavy atom. The Kier molecular flexibility index (Phi) is 3.15. The first-order valence-corrected chi connectivity index (χ1v) is 7.80. The number of hydrogen-bond acceptors (Lipinski definition) is 2. The first-order valence-electron chi connectivity index (χ1n) is 6.66. The summed E-state index contributed by atoms with van der Waals surface area (Å²) in [7, 11) is 0. The lowest BCUT2D eigenvalue weighted by atomic mass is 9.89. The van der Waals surface area contributed by atoms with Gasteiger partial charge in [-0.15, -0.1) is 11.6 Å². The molecule has 0 radical (unpaired) electrons. The van der Waals surface area contributed by atoms with Gasteiger partial charge in [-0.2, -0.15) is 0 Å². The molecule has 1 aliphatic carbocycles. The fourth-order valence-corrected chi connectivity index (χ4v) is 3.67. The SMILES string of the molecule is Clc1ccc(C2(Cl)c3ccc(Cl)cc3-c3ncncc32)cc1. The highest BCUT2D eigenvalue weighted by atomic mass is 35.5. The summed E-state index contributed by atoms with van der Waals surface area (Å²) in [6.07, 6.45) is 3.28. The van der Waals surface area contributed by atoms with Gasteiger partial charge in [0, 0.05) is 27.4 Å². The second-order valence-corrected chi connectivity index (χ2v) is 6.58. The average Bonchev–Trinajstić information content (AvgIpc) is 2.79. The van der Waals surface area contributed by atoms with Crippen LogP contribution in [0.2, 0.25) is 10.0 Å². The molecule has 2 aromatic carbocycles. The zero-order chi connectivity index (χ0) is 15.3. The topological polar surface area (TPSA) is 25.8 Å². The lowest BCUT2D eigenvalue weighted by Crippen LogP contribution is -2.19. The Morgan fingerprint density at radius 2 is 1.59 bits per heavy atom. The van der Waals surface area contributed by atoms with Crippen LogP contribution in [0.1, 0.15) is 16.7 Å². The summed E-state index contributed by atoms with van der Waals surface area (Å²) in [6, 6.07) is 13.2. The summed E-state index contributed by atoms with van der Waals surface area (Å²) < 4.78 is 0. The Labute approximate surface area is 142 Å². The molecule has 1 atom stereocenters. The van der Waals surface area contributed by atoms with E-state index < -0.39 is 4.87 Å². The maximum absolute atomic E-state index is 7.10. The highest BCUT2D eigenvalue weighted by molar-refractivity contribution is 6.33. The van der Waals surface area contributed by atoms with E-state index in [1.807, 2.05) is 42.5 Å². The van der Waals surface area contributed by atoms with Gasteiger partial charge in [-0.25, -0.2) is 9.97 Å². The van der Waals surface area contributed by atoms with Crippen LogP contribution in [0.3, 0.4) is 0 Å². The monoisotopic (exact) mass is 346 g/mol. The van der Waals surface area contributed by atoms with Gasteiger partial charge in [-0.05, 0) is 35.4 Å². The van der Waals surface area contributed by atoms with Crippen molar-refractivity contribution in [3.8, 4) is 11.3 Å². The molecule has 0 fully saturated rings. The molecule has 0 aliphatic heterocycles. The van der Waals surface area contributed by atoms with E-state index in [0.717, 1.165) is 27.9 Å². The van der Waals surface area contributed by atoms with Gasteiger partial charge in [-0.1, -0.05) is 41.4 Å². The fraction of sp³-hybridized carbons (Fsp3) is 0.0588. The molecule has 0 N–H and O–H groups in total. The highest BCUT2D eigenvalue weighted by Gasteiger charge is 2.44. The predicted octanol–water partition coefficient (Wildman–Crippen LogP) is 5.29. The van der Waals surface area contributed by atoms with Crippen LogP contribution in [0.25, 0.3) is 11.3 Å². The molecule has 1 heterocycles. The predicted molar refractivity (Wildman–Crippen MR) is 89.7 cm³/mol. The van der Waals surface area contributed by atoms with E-state index >= 15 is 0 Å². The van der Waals surface area contributed by atoms with Crippen LogP contribution < -0.4 is 0 Å². The Morgan fingerprint density at radius 1 is 0.864 bits per heavy atom. The van der Waals surface area contributed by atoms with E-state index in [4.69, 9.17) is 34.8 Å². The lowest BCUT2D eigenvalue weighted by Gasteiger charge is -2.24. The molecular formula is C17H9Cl3N2. The van der Waals surface area contributed by atoms with Crippen molar-refractivity contribution in [3.05, 3.63) is 81.7 Å². The first-order chi connectivity index (χ1) is 10.6. The van der Waals surface area contributed by atoms with Gasteiger partial charge in [0.1, 0.15) is 11.2 Å². The third-order valence-electron chi connectivity index (χ3n) is 3.93. The third-order valence-corrected chi connectivity index (χ3v) is 5.05. The van der Waals surface area contributed by atoms with Crippen LogP contribution in [-0.4, -0.2) is 9.97 Å². The minimum absolute atomic E-state index is 0.653. The molecule has 0 bridgehead atoms. The fourth-order valence-electron chi connectivity index (χ4n) is 2.94. The van der Waals surface area contributed by atoms with Crippen molar-refractivity contribution in [3.63, 3.8) is 0 Å². The van der Waals surface area contributed by atoms with Gasteiger partial charge >= 0.3 is 0 Å². The molecular weight excluding hydrogens is 339 g/mol. The Bertz CT molecular complexity index is 877. The number of alkyl halides is 1. The van der Waals surface area contributed by atoms with Crippen molar-refractivity contribution in [1.29, 1.82) is 0 Å². The average molecular weight is 348 g/mol. The molecule has 0 spiro atoms. The summed E-state index contributed by atoms with van der Waals surface area (Å²) in [5.41, 5.74) is 4.50. The number of fused-ring (bicyclic) bond motifs is 3. The zero-order valence-electron chi connectivity index (χ0n) is 11.2. The van der Waals surface area contributed by atoms with Gasteiger partial charge in [0.15, 0.2) is 0 Å². The van der Waals surface area contributed by atoms with Crippen LogP contribution >= 0.6 is 34.8 Å². The van der Waals surface area contributed by atoms with Gasteiger partial charge in [0.05, 0.1) is 5.69 Å². The molecule has 0 amide bonds. The Hall–Kier alpha value is -1.61. The first kappa shape index (κ1) is 14.0. The third kappa shape index (κ3) is 1.88. The van der Waals surface area contributed by atoms with E-state index in [9.17, 15) is 0 Å². The summed E-state index contributed by atoms with van der Waals surface area (Å²) in [5, 5.41) is 1.32. The normalized spacial score (nSPS) is 18.9. The van der Waals surface area contributed by atoms with Crippen LogP contribution in [-0.2, 0) is 4.87 Å². The smallest absolute Gasteiger partial charge is 0.124 e. The van der Waals surface area contributed by atoms with Crippen LogP contribution in [0.15, 0.2) is 55.0 Å². The van der Waals surface area contributed by atoms with E-state index in [2.05, 4.69) is 9.97 Å². The second-order valence-electron chi connectivity index (χ2n) is 5.14. The lowest BCUT2D eigenvalue weighted by molar-refractivity contribution is 0.895. The van der Waals surface area contributed by atoms with E-state index in [1.54, 1.807) is 6.20 Å². The molecule has 2 nitrogen and oxygen atoms in total. The number of benzene rings is 2. The maximum Gasteiger partial charge on any atom is 0.124 e. The quantitative estimate of drug-likeness (QED) is 0.559. The van der Waals surface area contributed by atoms with Gasteiger partial charge < -0.3 is 0 Å². The van der Waals surface area contributed by atoms with Crippen molar-refractivity contribution in [2.24, 2.45) is 0 Å².